The Bertz CT molecular complexity index is 895. The number of benzene rings is 2. The molecule has 1 heterocycles. The first-order valence-electron chi connectivity index (χ1n) is 8.65. The van der Waals surface area contributed by atoms with Crippen molar-refractivity contribution in [2.24, 2.45) is 0 Å². The van der Waals surface area contributed by atoms with Gasteiger partial charge in [0.15, 0.2) is 0 Å². The van der Waals surface area contributed by atoms with E-state index in [-0.39, 0.29) is 23.2 Å². The van der Waals surface area contributed by atoms with Crippen molar-refractivity contribution in [3.05, 3.63) is 59.7 Å². The molecule has 0 unspecified atom stereocenters. The summed E-state index contributed by atoms with van der Waals surface area (Å²) in [7, 11) is -3.76. The zero-order valence-electron chi connectivity index (χ0n) is 15.1. The number of hydrogen-bond acceptors (Lipinski definition) is 4. The van der Waals surface area contributed by atoms with E-state index in [4.69, 9.17) is 0 Å². The van der Waals surface area contributed by atoms with E-state index < -0.39 is 10.0 Å². The monoisotopic (exact) mass is 409 g/mol. The summed E-state index contributed by atoms with van der Waals surface area (Å²) in [6.45, 7) is 4.83. The number of nitrogens with one attached hydrogen (secondary N) is 2. The smallest absolute Gasteiger partial charge is 0.261 e. The summed E-state index contributed by atoms with van der Waals surface area (Å²) in [6, 6.07) is 13.4. The first-order valence-corrected chi connectivity index (χ1v) is 10.1. The molecule has 8 heteroatoms. The standard InChI is InChI=1S/C19H23N3O3S.ClH/c1-15-5-2-7-17(13-15)21-26(24,25)18-8-3-6-16(14-18)19(23)22-11-4-9-20-10-12-22;/h2-3,5-8,13-14,20-21H,4,9-12H2,1H3;1H. The molecule has 2 N–H and O–H groups in total. The fourth-order valence-electron chi connectivity index (χ4n) is 2.95. The van der Waals surface area contributed by atoms with Gasteiger partial charge in [-0.2, -0.15) is 0 Å². The topological polar surface area (TPSA) is 78.5 Å². The van der Waals surface area contributed by atoms with E-state index >= 15 is 0 Å². The fraction of sp³-hybridized carbons (Fsp3) is 0.316. The number of aryl methyl sites for hydroxylation is 1. The second-order valence-corrected chi connectivity index (χ2v) is 8.08. The van der Waals surface area contributed by atoms with Crippen molar-refractivity contribution in [2.75, 3.05) is 30.9 Å². The molecule has 0 saturated carbocycles. The van der Waals surface area contributed by atoms with Crippen LogP contribution >= 0.6 is 12.4 Å². The van der Waals surface area contributed by atoms with Crippen LogP contribution in [0.2, 0.25) is 0 Å². The lowest BCUT2D eigenvalue weighted by Gasteiger charge is -2.20. The number of nitrogens with zero attached hydrogens (tertiary/aromatic N) is 1. The second-order valence-electron chi connectivity index (χ2n) is 6.40. The van der Waals surface area contributed by atoms with Crippen LogP contribution in [0.1, 0.15) is 22.3 Å². The molecule has 0 aromatic heterocycles. The summed E-state index contributed by atoms with van der Waals surface area (Å²) in [4.78, 5) is 14.6. The number of halogens is 1. The van der Waals surface area contributed by atoms with E-state index in [9.17, 15) is 13.2 Å². The number of hydrogen-bond donors (Lipinski definition) is 2. The lowest BCUT2D eigenvalue weighted by Crippen LogP contribution is -2.34. The molecule has 1 fully saturated rings. The molecule has 2 aromatic rings. The van der Waals surface area contributed by atoms with Gasteiger partial charge < -0.3 is 10.2 Å². The first kappa shape index (κ1) is 21.2. The summed E-state index contributed by atoms with van der Waals surface area (Å²) in [5.74, 6) is -0.138. The van der Waals surface area contributed by atoms with Gasteiger partial charge in [-0.1, -0.05) is 18.2 Å². The highest BCUT2D eigenvalue weighted by Gasteiger charge is 2.20. The van der Waals surface area contributed by atoms with Gasteiger partial charge in [0, 0.05) is 30.9 Å². The third-order valence-corrected chi connectivity index (χ3v) is 5.67. The van der Waals surface area contributed by atoms with Crippen LogP contribution in [0.25, 0.3) is 0 Å². The highest BCUT2D eigenvalue weighted by Crippen LogP contribution is 2.19. The molecule has 0 aliphatic carbocycles. The summed E-state index contributed by atoms with van der Waals surface area (Å²) in [5.41, 5.74) is 1.85. The number of sulfonamides is 1. The van der Waals surface area contributed by atoms with Crippen LogP contribution < -0.4 is 10.0 Å². The normalized spacial score (nSPS) is 14.8. The minimum absolute atomic E-state index is 0. The molecule has 146 valence electrons. The molecule has 0 spiro atoms. The van der Waals surface area contributed by atoms with Crippen molar-refractivity contribution in [2.45, 2.75) is 18.2 Å². The third kappa shape index (κ3) is 5.45. The molecule has 2 aromatic carbocycles. The average molecular weight is 410 g/mol. The summed E-state index contributed by atoms with van der Waals surface area (Å²) in [5, 5.41) is 3.25. The summed E-state index contributed by atoms with van der Waals surface area (Å²) >= 11 is 0. The molecular weight excluding hydrogens is 386 g/mol. The first-order chi connectivity index (χ1) is 12.5. The molecule has 1 amide bonds. The van der Waals surface area contributed by atoms with E-state index in [0.717, 1.165) is 25.1 Å². The lowest BCUT2D eigenvalue weighted by molar-refractivity contribution is 0.0766. The predicted molar refractivity (Wildman–Crippen MR) is 109 cm³/mol. The van der Waals surface area contributed by atoms with E-state index in [1.807, 2.05) is 13.0 Å². The molecule has 3 rings (SSSR count). The molecule has 0 radical (unpaired) electrons. The highest BCUT2D eigenvalue weighted by molar-refractivity contribution is 7.92. The Morgan fingerprint density at radius 1 is 1.07 bits per heavy atom. The quantitative estimate of drug-likeness (QED) is 0.813. The van der Waals surface area contributed by atoms with Crippen molar-refractivity contribution >= 4 is 34.0 Å². The maximum atomic E-state index is 12.7. The molecule has 1 aliphatic heterocycles. The summed E-state index contributed by atoms with van der Waals surface area (Å²) in [6.07, 6.45) is 0.888. The minimum Gasteiger partial charge on any atom is -0.337 e. The average Bonchev–Trinajstić information content (AvgIpc) is 2.90. The van der Waals surface area contributed by atoms with Crippen molar-refractivity contribution in [1.29, 1.82) is 0 Å². The fourth-order valence-corrected chi connectivity index (χ4v) is 4.05. The maximum Gasteiger partial charge on any atom is 0.261 e. The third-order valence-electron chi connectivity index (χ3n) is 4.29. The maximum absolute atomic E-state index is 12.7. The Kier molecular flexibility index (Phi) is 7.24. The molecular formula is C19H24ClN3O3S. The molecule has 0 atom stereocenters. The van der Waals surface area contributed by atoms with Crippen LogP contribution in [0.5, 0.6) is 0 Å². The Balaban J connectivity index is 0.00000261. The van der Waals surface area contributed by atoms with Gasteiger partial charge >= 0.3 is 0 Å². The number of rotatable bonds is 4. The molecule has 0 bridgehead atoms. The van der Waals surface area contributed by atoms with E-state index in [1.165, 1.54) is 12.1 Å². The van der Waals surface area contributed by atoms with Crippen molar-refractivity contribution in [3.63, 3.8) is 0 Å². The molecule has 27 heavy (non-hydrogen) atoms. The molecule has 1 aliphatic rings. The van der Waals surface area contributed by atoms with Crippen LogP contribution in [0.4, 0.5) is 5.69 Å². The SMILES string of the molecule is Cc1cccc(NS(=O)(=O)c2cccc(C(=O)N3CCCNCC3)c2)c1.Cl. The van der Waals surface area contributed by atoms with Gasteiger partial charge in [-0.15, -0.1) is 12.4 Å². The van der Waals surface area contributed by atoms with Crippen LogP contribution in [0.3, 0.4) is 0 Å². The van der Waals surface area contributed by atoms with E-state index in [2.05, 4.69) is 10.0 Å². The minimum atomic E-state index is -3.76. The van der Waals surface area contributed by atoms with Crippen LogP contribution in [-0.2, 0) is 10.0 Å². The highest BCUT2D eigenvalue weighted by atomic mass is 35.5. The van der Waals surface area contributed by atoms with Crippen molar-refractivity contribution < 1.29 is 13.2 Å². The Morgan fingerprint density at radius 2 is 1.85 bits per heavy atom. The van der Waals surface area contributed by atoms with E-state index in [0.29, 0.717) is 24.3 Å². The van der Waals surface area contributed by atoms with E-state index in [1.54, 1.807) is 35.2 Å². The van der Waals surface area contributed by atoms with Gasteiger partial charge in [0.1, 0.15) is 0 Å². The zero-order valence-corrected chi connectivity index (χ0v) is 16.8. The Hall–Kier alpha value is -2.09. The van der Waals surface area contributed by atoms with Gasteiger partial charge in [0.05, 0.1) is 4.90 Å². The van der Waals surface area contributed by atoms with Gasteiger partial charge in [0.25, 0.3) is 15.9 Å². The van der Waals surface area contributed by atoms with Gasteiger partial charge in [-0.3, -0.25) is 9.52 Å². The Morgan fingerprint density at radius 3 is 2.63 bits per heavy atom. The van der Waals surface area contributed by atoms with Crippen molar-refractivity contribution in [1.82, 2.24) is 10.2 Å². The lowest BCUT2D eigenvalue weighted by atomic mass is 10.2. The van der Waals surface area contributed by atoms with Crippen molar-refractivity contribution in [3.8, 4) is 0 Å². The summed E-state index contributed by atoms with van der Waals surface area (Å²) < 4.78 is 27.9. The number of carbonyl (C=O) groups excluding carboxylic acids is 1. The van der Waals surface area contributed by atoms with Gasteiger partial charge in [-0.25, -0.2) is 8.42 Å². The number of amides is 1. The number of carbonyl (C=O) groups is 1. The van der Waals surface area contributed by atoms with Gasteiger partial charge in [0.2, 0.25) is 0 Å². The van der Waals surface area contributed by atoms with Crippen LogP contribution in [0, 0.1) is 6.92 Å². The van der Waals surface area contributed by atoms with Crippen LogP contribution in [0.15, 0.2) is 53.4 Å². The van der Waals surface area contributed by atoms with Crippen LogP contribution in [-0.4, -0.2) is 45.4 Å². The number of anilines is 1. The largest absolute Gasteiger partial charge is 0.337 e. The second kappa shape index (κ2) is 9.21. The predicted octanol–water partition coefficient (Wildman–Crippen LogP) is 2.65. The molecule has 1 saturated heterocycles. The molecule has 6 nitrogen and oxygen atoms in total. The van der Waals surface area contributed by atoms with Gasteiger partial charge in [-0.05, 0) is 55.8 Å². The zero-order chi connectivity index (χ0) is 18.6. The Labute approximate surface area is 166 Å².